The summed E-state index contributed by atoms with van der Waals surface area (Å²) in [4.78, 5) is 48.8. The number of hydrogen-bond donors (Lipinski definition) is 4. The van der Waals surface area contributed by atoms with Gasteiger partial charge in [0.05, 0.1) is 51.4 Å². The second kappa shape index (κ2) is 19.6. The van der Waals surface area contributed by atoms with Gasteiger partial charge in [0.15, 0.2) is 0 Å². The van der Waals surface area contributed by atoms with Crippen molar-refractivity contribution in [3.8, 4) is 11.4 Å². The monoisotopic (exact) mass is 896 g/mol. The highest BCUT2D eigenvalue weighted by Crippen LogP contribution is 2.32. The molecule has 0 aliphatic carbocycles. The average molecular weight is 898 g/mol. The molecule has 0 bridgehead atoms. The molecule has 14 nitrogen and oxygen atoms in total. The third kappa shape index (κ3) is 9.76. The van der Waals surface area contributed by atoms with Crippen LogP contribution in [0.15, 0.2) is 119 Å². The van der Waals surface area contributed by atoms with Gasteiger partial charge in [0, 0.05) is 28.8 Å². The minimum absolute atomic E-state index is 0.0744. The van der Waals surface area contributed by atoms with Crippen molar-refractivity contribution < 1.29 is 0 Å². The van der Waals surface area contributed by atoms with Crippen LogP contribution in [0.25, 0.3) is 42.6 Å². The lowest BCUT2D eigenvalue weighted by Gasteiger charge is -2.22. The van der Waals surface area contributed by atoms with Crippen LogP contribution in [0.1, 0.15) is 48.7 Å². The van der Waals surface area contributed by atoms with Gasteiger partial charge in [-0.1, -0.05) is 95.5 Å². The summed E-state index contributed by atoms with van der Waals surface area (Å²) >= 11 is 18.2. The van der Waals surface area contributed by atoms with Crippen molar-refractivity contribution in [1.82, 2.24) is 29.1 Å². The number of halogens is 3. The molecule has 0 saturated carbocycles. The Morgan fingerprint density at radius 1 is 0.619 bits per heavy atom. The van der Waals surface area contributed by atoms with Gasteiger partial charge in [-0.05, 0) is 87.0 Å². The molecule has 0 fully saturated rings. The topological polar surface area (TPSA) is 194 Å². The number of nitrogens with zero attached hydrogens (tertiary/aromatic N) is 8. The first kappa shape index (κ1) is 45.2. The minimum atomic E-state index is -0.384. The third-order valence-corrected chi connectivity index (χ3v) is 10.6. The molecule has 4 heterocycles. The predicted octanol–water partition coefficient (Wildman–Crippen LogP) is 10.3. The smallest absolute Gasteiger partial charge is 0.264 e. The number of rotatable bonds is 6. The molecular weight excluding hydrogens is 859 g/mol. The molecule has 2 atom stereocenters. The summed E-state index contributed by atoms with van der Waals surface area (Å²) in [6.07, 6.45) is 0. The highest BCUT2D eigenvalue weighted by atomic mass is 35.5. The first-order chi connectivity index (χ1) is 30.1. The summed E-state index contributed by atoms with van der Waals surface area (Å²) in [5, 5.41) is 6.73. The summed E-state index contributed by atoms with van der Waals surface area (Å²) in [6.45, 7) is 21.3. The molecule has 8 aromatic rings. The van der Waals surface area contributed by atoms with Crippen LogP contribution in [0.3, 0.4) is 0 Å². The van der Waals surface area contributed by atoms with Crippen LogP contribution >= 0.6 is 34.8 Å². The predicted molar refractivity (Wildman–Crippen MR) is 254 cm³/mol. The van der Waals surface area contributed by atoms with Crippen LogP contribution < -0.4 is 33.6 Å². The number of hydrogen-bond acceptors (Lipinski definition) is 10. The molecule has 0 aliphatic heterocycles. The van der Waals surface area contributed by atoms with Gasteiger partial charge in [-0.15, -0.1) is 0 Å². The molecule has 8 rings (SSSR count). The number of nitrogens with two attached hydrogens (primary N) is 3. The zero-order valence-electron chi connectivity index (χ0n) is 34.3. The van der Waals surface area contributed by atoms with Gasteiger partial charge in [0.1, 0.15) is 11.0 Å². The molecule has 0 radical (unpaired) electrons. The van der Waals surface area contributed by atoms with Crippen LogP contribution in [0.5, 0.6) is 0 Å². The fraction of sp³-hybridized carbons (Fsp3) is 0.130. The number of fused-ring (bicyclic) bond motifs is 2. The Bertz CT molecular complexity index is 3180. The molecule has 0 unspecified atom stereocenters. The van der Waals surface area contributed by atoms with Gasteiger partial charge in [-0.25, -0.2) is 29.6 Å². The van der Waals surface area contributed by atoms with E-state index in [1.807, 2.05) is 111 Å². The lowest BCUT2D eigenvalue weighted by Crippen LogP contribution is -2.26. The largest absolute Gasteiger partial charge is 0.371 e. The van der Waals surface area contributed by atoms with Crippen molar-refractivity contribution in [3.05, 3.63) is 191 Å². The standard InChI is InChI=1S/C23H19ClN6O.C17H15ClN2O.C6H5ClN4/c1-13(27-21-20(26-3)14(2)28-23(25)29-21)18-12-15-8-7-11-17(24)19(15)22(31)30(18)16-9-5-4-6-10-16;1-11(19)15-10-12-6-5-9-14(18)16(12)17(21)20(15)13-7-3-2-4-8-13;1-3-4(9-2)5(7)11-6(8)10-3/h4-13H,1-2H3,(H3,25,27,28,29);2-11H,19H2,1H3;1H3,(H2,8,10,11)/t13-;11-;/m00./s1. The van der Waals surface area contributed by atoms with E-state index >= 15 is 0 Å². The van der Waals surface area contributed by atoms with Gasteiger partial charge in [0.2, 0.25) is 23.3 Å². The summed E-state index contributed by atoms with van der Waals surface area (Å²) in [6, 6.07) is 32.8. The molecule has 316 valence electrons. The average Bonchev–Trinajstić information content (AvgIpc) is 3.24. The van der Waals surface area contributed by atoms with Crippen molar-refractivity contribution in [2.45, 2.75) is 39.8 Å². The number of benzene rings is 4. The zero-order chi connectivity index (χ0) is 45.5. The van der Waals surface area contributed by atoms with Crippen LogP contribution in [0.2, 0.25) is 15.2 Å². The van der Waals surface area contributed by atoms with E-state index in [0.29, 0.717) is 55.1 Å². The fourth-order valence-electron chi connectivity index (χ4n) is 6.80. The molecule has 4 aromatic carbocycles. The van der Waals surface area contributed by atoms with E-state index < -0.39 is 0 Å². The van der Waals surface area contributed by atoms with E-state index in [-0.39, 0.29) is 45.9 Å². The Labute approximate surface area is 377 Å². The second-order valence-electron chi connectivity index (χ2n) is 14.0. The molecule has 17 heteroatoms. The van der Waals surface area contributed by atoms with Crippen molar-refractivity contribution >= 4 is 85.4 Å². The van der Waals surface area contributed by atoms with Crippen LogP contribution in [0.4, 0.5) is 29.1 Å². The van der Waals surface area contributed by atoms with E-state index in [1.165, 1.54) is 0 Å². The van der Waals surface area contributed by atoms with Gasteiger partial charge in [0.25, 0.3) is 11.1 Å². The fourth-order valence-corrected chi connectivity index (χ4v) is 7.59. The maximum atomic E-state index is 13.5. The number of aromatic nitrogens is 6. The highest BCUT2D eigenvalue weighted by Gasteiger charge is 2.21. The van der Waals surface area contributed by atoms with Crippen molar-refractivity contribution in [3.63, 3.8) is 0 Å². The normalized spacial score (nSPS) is 11.6. The van der Waals surface area contributed by atoms with Crippen LogP contribution in [-0.4, -0.2) is 29.1 Å². The first-order valence-electron chi connectivity index (χ1n) is 19.1. The Kier molecular flexibility index (Phi) is 14.1. The first-order valence-corrected chi connectivity index (χ1v) is 20.3. The Morgan fingerprint density at radius 2 is 1.06 bits per heavy atom. The van der Waals surface area contributed by atoms with Crippen LogP contribution in [-0.2, 0) is 0 Å². The van der Waals surface area contributed by atoms with Gasteiger partial charge < -0.3 is 22.5 Å². The SMILES string of the molecule is C[C@H](N)c1cc2cccc(Cl)c2c(=O)n1-c1ccccc1.[C-]#[N+]c1c(C)nc(N)nc1Cl.[C-]#[N+]c1c(C)nc(N)nc1N[C@@H](C)c1cc2cccc(Cl)c2c(=O)n1-c1ccccc1. The van der Waals surface area contributed by atoms with E-state index in [9.17, 15) is 9.59 Å². The molecule has 0 spiro atoms. The Balaban J connectivity index is 0.000000177. The molecule has 0 amide bonds. The summed E-state index contributed by atoms with van der Waals surface area (Å²) < 4.78 is 3.26. The van der Waals surface area contributed by atoms with Gasteiger partial charge in [-0.2, -0.15) is 0 Å². The molecule has 4 aromatic heterocycles. The summed E-state index contributed by atoms with van der Waals surface area (Å²) in [5.74, 6) is 0.496. The number of nitrogen functional groups attached to an aromatic ring is 2. The number of pyridine rings is 2. The molecule has 7 N–H and O–H groups in total. The lowest BCUT2D eigenvalue weighted by atomic mass is 10.1. The maximum Gasteiger partial charge on any atom is 0.264 e. The Morgan fingerprint density at radius 3 is 1.52 bits per heavy atom. The maximum absolute atomic E-state index is 13.5. The molecule has 63 heavy (non-hydrogen) atoms. The Hall–Kier alpha value is -7.33. The van der Waals surface area contributed by atoms with Crippen LogP contribution in [0, 0.1) is 27.0 Å². The van der Waals surface area contributed by atoms with E-state index in [1.54, 1.807) is 35.1 Å². The summed E-state index contributed by atoms with van der Waals surface area (Å²) in [5.41, 5.74) is 21.3. The second-order valence-corrected chi connectivity index (χ2v) is 15.2. The quantitative estimate of drug-likeness (QED) is 0.0921. The molecular formula is C46H39Cl3N12O2. The summed E-state index contributed by atoms with van der Waals surface area (Å²) in [7, 11) is 0. The molecule has 0 saturated heterocycles. The number of aryl methyl sites for hydroxylation is 2. The van der Waals surface area contributed by atoms with Crippen molar-refractivity contribution in [2.24, 2.45) is 5.73 Å². The third-order valence-electron chi connectivity index (χ3n) is 9.67. The lowest BCUT2D eigenvalue weighted by molar-refractivity contribution is 0.734. The van der Waals surface area contributed by atoms with Crippen molar-refractivity contribution in [1.29, 1.82) is 0 Å². The van der Waals surface area contributed by atoms with Gasteiger partial charge in [-0.3, -0.25) is 18.7 Å². The minimum Gasteiger partial charge on any atom is -0.371 e. The highest BCUT2D eigenvalue weighted by molar-refractivity contribution is 6.36. The number of para-hydroxylation sites is 2. The number of nitrogens with one attached hydrogen (secondary N) is 1. The number of anilines is 3. The zero-order valence-corrected chi connectivity index (χ0v) is 36.6. The van der Waals surface area contributed by atoms with E-state index in [2.05, 4.69) is 34.9 Å². The van der Waals surface area contributed by atoms with Gasteiger partial charge >= 0.3 is 0 Å². The van der Waals surface area contributed by atoms with E-state index in [4.69, 9.17) is 65.1 Å². The van der Waals surface area contributed by atoms with Crippen molar-refractivity contribution in [2.75, 3.05) is 16.8 Å². The molecule has 0 aliphatic rings. The van der Waals surface area contributed by atoms with E-state index in [0.717, 1.165) is 22.2 Å².